The summed E-state index contributed by atoms with van der Waals surface area (Å²) in [4.78, 5) is 22.7. The zero-order valence-electron chi connectivity index (χ0n) is 11.8. The predicted octanol–water partition coefficient (Wildman–Crippen LogP) is 0.406. The summed E-state index contributed by atoms with van der Waals surface area (Å²) in [6.45, 7) is 5.56. The van der Waals surface area contributed by atoms with Gasteiger partial charge in [0, 0.05) is 19.2 Å². The van der Waals surface area contributed by atoms with Crippen LogP contribution in [0, 0.1) is 0 Å². The van der Waals surface area contributed by atoms with Crippen LogP contribution < -0.4 is 22.1 Å². The fraction of sp³-hybridized carbons (Fsp3) is 0.364. The Balaban J connectivity index is 2.31. The van der Waals surface area contributed by atoms with Crippen LogP contribution in [0.2, 0.25) is 0 Å². The van der Waals surface area contributed by atoms with Gasteiger partial charge in [-0.15, -0.1) is 0 Å². The Morgan fingerprint density at radius 2 is 1.48 bits per heavy atom. The molecule has 0 saturated carbocycles. The molecule has 2 aromatic heterocycles. The van der Waals surface area contributed by atoms with Crippen LogP contribution in [0.25, 0.3) is 0 Å². The summed E-state index contributed by atoms with van der Waals surface area (Å²) in [5.74, 6) is 1.24. The molecule has 9 nitrogen and oxygen atoms in total. The largest absolute Gasteiger partial charge is 0.383 e. The Hall–Kier alpha value is -2.36. The number of hydrogen-bond donors (Lipinski definition) is 3. The second-order valence-electron chi connectivity index (χ2n) is 4.05. The molecule has 0 aliphatic carbocycles. The van der Waals surface area contributed by atoms with Crippen molar-refractivity contribution in [2.45, 2.75) is 24.2 Å². The molecule has 0 amide bonds. The third-order valence-corrected chi connectivity index (χ3v) is 3.32. The average Bonchev–Trinajstić information content (AvgIpc) is 2.38. The minimum Gasteiger partial charge on any atom is -0.383 e. The molecule has 0 unspecified atom stereocenters. The molecule has 0 aromatic carbocycles. The summed E-state index contributed by atoms with van der Waals surface area (Å²) in [7, 11) is 0. The van der Waals surface area contributed by atoms with Gasteiger partial charge in [0.2, 0.25) is 17.1 Å². The standard InChI is InChI=1S/C11H17N9S/c1-3-20(4-2)9-17-8(14)18-11(19-9)21-10-15-6(12)5-7(13)16-10/h5H,3-4H2,1-2H3,(H4,12,13,15,16)(H2,14,17,18,19). The molecule has 2 aromatic rings. The van der Waals surface area contributed by atoms with Crippen LogP contribution in [-0.4, -0.2) is 38.0 Å². The van der Waals surface area contributed by atoms with E-state index in [0.717, 1.165) is 24.9 Å². The lowest BCUT2D eigenvalue weighted by atomic mass is 10.5. The van der Waals surface area contributed by atoms with Crippen molar-refractivity contribution in [3.8, 4) is 0 Å². The maximum absolute atomic E-state index is 5.73. The molecule has 0 saturated heterocycles. The maximum Gasteiger partial charge on any atom is 0.231 e. The Morgan fingerprint density at radius 3 is 2.05 bits per heavy atom. The summed E-state index contributed by atoms with van der Waals surface area (Å²) in [5, 5.41) is 0.762. The van der Waals surface area contributed by atoms with Crippen molar-refractivity contribution in [2.75, 3.05) is 35.2 Å². The third kappa shape index (κ3) is 3.81. The summed E-state index contributed by atoms with van der Waals surface area (Å²) >= 11 is 1.13. The number of hydrogen-bond acceptors (Lipinski definition) is 10. The molecule has 0 spiro atoms. The van der Waals surface area contributed by atoms with Gasteiger partial charge >= 0.3 is 0 Å². The number of nitrogens with two attached hydrogens (primary N) is 3. The third-order valence-electron chi connectivity index (χ3n) is 2.59. The van der Waals surface area contributed by atoms with E-state index in [4.69, 9.17) is 17.2 Å². The lowest BCUT2D eigenvalue weighted by molar-refractivity contribution is 0.785. The van der Waals surface area contributed by atoms with E-state index in [1.54, 1.807) is 0 Å². The van der Waals surface area contributed by atoms with Gasteiger partial charge < -0.3 is 22.1 Å². The van der Waals surface area contributed by atoms with Crippen LogP contribution in [0.4, 0.5) is 23.5 Å². The number of nitrogens with zero attached hydrogens (tertiary/aromatic N) is 6. The molecular weight excluding hydrogens is 290 g/mol. The van der Waals surface area contributed by atoms with E-state index in [2.05, 4.69) is 24.9 Å². The van der Waals surface area contributed by atoms with Gasteiger partial charge in [-0.1, -0.05) is 0 Å². The summed E-state index contributed by atoms with van der Waals surface area (Å²) in [6, 6.07) is 1.48. The van der Waals surface area contributed by atoms with Crippen LogP contribution in [-0.2, 0) is 0 Å². The van der Waals surface area contributed by atoms with Crippen molar-refractivity contribution in [3.05, 3.63) is 6.07 Å². The summed E-state index contributed by atoms with van der Waals surface area (Å²) in [6.07, 6.45) is 0. The van der Waals surface area contributed by atoms with Gasteiger partial charge in [-0.25, -0.2) is 9.97 Å². The van der Waals surface area contributed by atoms with Crippen molar-refractivity contribution in [3.63, 3.8) is 0 Å². The predicted molar refractivity (Wildman–Crippen MR) is 82.8 cm³/mol. The Morgan fingerprint density at radius 1 is 0.905 bits per heavy atom. The van der Waals surface area contributed by atoms with Crippen LogP contribution in [0.5, 0.6) is 0 Å². The van der Waals surface area contributed by atoms with Crippen LogP contribution in [0.3, 0.4) is 0 Å². The molecule has 10 heteroatoms. The van der Waals surface area contributed by atoms with Crippen molar-refractivity contribution in [2.24, 2.45) is 0 Å². The van der Waals surface area contributed by atoms with Gasteiger partial charge in [0.1, 0.15) is 11.6 Å². The van der Waals surface area contributed by atoms with Gasteiger partial charge in [0.05, 0.1) is 0 Å². The highest BCUT2D eigenvalue weighted by molar-refractivity contribution is 7.99. The first kappa shape index (κ1) is 15.0. The lowest BCUT2D eigenvalue weighted by Crippen LogP contribution is -2.25. The van der Waals surface area contributed by atoms with E-state index in [9.17, 15) is 0 Å². The normalized spacial score (nSPS) is 10.6. The molecule has 0 aliphatic rings. The van der Waals surface area contributed by atoms with Gasteiger partial charge in [0.15, 0.2) is 5.16 Å². The van der Waals surface area contributed by atoms with Crippen molar-refractivity contribution in [1.82, 2.24) is 24.9 Å². The van der Waals surface area contributed by atoms with Crippen molar-refractivity contribution >= 4 is 35.3 Å². The summed E-state index contributed by atoms with van der Waals surface area (Å²) < 4.78 is 0. The highest BCUT2D eigenvalue weighted by atomic mass is 32.2. The van der Waals surface area contributed by atoms with Crippen molar-refractivity contribution in [1.29, 1.82) is 0 Å². The van der Waals surface area contributed by atoms with E-state index in [1.807, 2.05) is 18.7 Å². The topological polar surface area (TPSA) is 146 Å². The number of nitrogen functional groups attached to an aromatic ring is 3. The lowest BCUT2D eigenvalue weighted by Gasteiger charge is -2.18. The van der Waals surface area contributed by atoms with E-state index in [-0.39, 0.29) is 17.6 Å². The molecule has 2 heterocycles. The minimum absolute atomic E-state index is 0.145. The van der Waals surface area contributed by atoms with Crippen LogP contribution in [0.1, 0.15) is 13.8 Å². The SMILES string of the molecule is CCN(CC)c1nc(N)nc(Sc2nc(N)cc(N)n2)n1. The molecule has 6 N–H and O–H groups in total. The van der Waals surface area contributed by atoms with E-state index in [1.165, 1.54) is 6.07 Å². The zero-order valence-corrected chi connectivity index (χ0v) is 12.6. The van der Waals surface area contributed by atoms with E-state index >= 15 is 0 Å². The molecule has 0 fully saturated rings. The smallest absolute Gasteiger partial charge is 0.231 e. The van der Waals surface area contributed by atoms with E-state index in [0.29, 0.717) is 16.3 Å². The van der Waals surface area contributed by atoms with Crippen LogP contribution >= 0.6 is 11.8 Å². The van der Waals surface area contributed by atoms with Gasteiger partial charge in [0.25, 0.3) is 0 Å². The second kappa shape index (κ2) is 6.39. The molecular formula is C11H17N9S. The second-order valence-corrected chi connectivity index (χ2v) is 4.99. The first-order chi connectivity index (χ1) is 10.0. The fourth-order valence-corrected chi connectivity index (χ4v) is 2.38. The monoisotopic (exact) mass is 307 g/mol. The molecule has 0 radical (unpaired) electrons. The first-order valence-electron chi connectivity index (χ1n) is 6.36. The first-order valence-corrected chi connectivity index (χ1v) is 7.17. The van der Waals surface area contributed by atoms with Gasteiger partial charge in [-0.2, -0.15) is 15.0 Å². The zero-order chi connectivity index (χ0) is 15.4. The Labute approximate surface area is 126 Å². The highest BCUT2D eigenvalue weighted by Gasteiger charge is 2.12. The Kier molecular flexibility index (Phi) is 4.58. The quantitative estimate of drug-likeness (QED) is 0.663. The van der Waals surface area contributed by atoms with Gasteiger partial charge in [-0.3, -0.25) is 0 Å². The number of anilines is 4. The summed E-state index contributed by atoms with van der Waals surface area (Å²) in [5.41, 5.74) is 17.0. The Bertz CT molecular complexity index is 609. The molecule has 21 heavy (non-hydrogen) atoms. The molecule has 0 bridgehead atoms. The number of rotatable bonds is 5. The number of aromatic nitrogens is 5. The average molecular weight is 307 g/mol. The van der Waals surface area contributed by atoms with Crippen molar-refractivity contribution < 1.29 is 0 Å². The minimum atomic E-state index is 0.145. The van der Waals surface area contributed by atoms with E-state index < -0.39 is 0 Å². The van der Waals surface area contributed by atoms with Crippen LogP contribution in [0.15, 0.2) is 16.4 Å². The highest BCUT2D eigenvalue weighted by Crippen LogP contribution is 2.24. The molecule has 0 aliphatic heterocycles. The maximum atomic E-state index is 5.73. The molecule has 112 valence electrons. The van der Waals surface area contributed by atoms with Gasteiger partial charge in [-0.05, 0) is 25.6 Å². The molecule has 2 rings (SSSR count). The molecule has 0 atom stereocenters. The fourth-order valence-electron chi connectivity index (χ4n) is 1.64.